The number of thiophene rings is 1. The molecule has 0 bridgehead atoms. The smallest absolute Gasteiger partial charge is 0.164 e. The average Bonchev–Trinajstić information content (AvgIpc) is 3.69. The summed E-state index contributed by atoms with van der Waals surface area (Å²) in [4.78, 5) is 20.5. The van der Waals surface area contributed by atoms with Crippen LogP contribution in [-0.2, 0) is 0 Å². The van der Waals surface area contributed by atoms with E-state index in [0.29, 0.717) is 17.5 Å². The first kappa shape index (κ1) is 33.0. The van der Waals surface area contributed by atoms with Crippen molar-refractivity contribution >= 4 is 53.2 Å². The lowest BCUT2D eigenvalue weighted by Crippen LogP contribution is -2.00. The topological polar surface area (TPSA) is 51.6 Å². The monoisotopic (exact) mass is 744 g/mol. The summed E-state index contributed by atoms with van der Waals surface area (Å²) in [6.45, 7) is 0. The van der Waals surface area contributed by atoms with Gasteiger partial charge in [0.2, 0.25) is 0 Å². The van der Waals surface area contributed by atoms with Crippen LogP contribution in [0, 0.1) is 0 Å². The Morgan fingerprint density at radius 3 is 1.56 bits per heavy atom. The maximum atomic E-state index is 5.40. The van der Waals surface area contributed by atoms with Gasteiger partial charge in [0.05, 0.1) is 15.9 Å². The van der Waals surface area contributed by atoms with E-state index in [1.807, 2.05) is 47.7 Å². The number of nitrogens with zero attached hydrogens (tertiary/aromatic N) is 4. The summed E-state index contributed by atoms with van der Waals surface area (Å²) >= 11 is 1.82. The molecule has 11 aromatic rings. The third-order valence-corrected chi connectivity index (χ3v) is 11.9. The summed E-state index contributed by atoms with van der Waals surface area (Å²) in [7, 11) is 0. The van der Waals surface area contributed by atoms with Crippen molar-refractivity contribution in [3.8, 4) is 67.7 Å². The quantitative estimate of drug-likeness (QED) is 0.159. The molecule has 0 unspecified atom stereocenters. The normalized spacial score (nSPS) is 11.5. The van der Waals surface area contributed by atoms with E-state index in [1.165, 1.54) is 41.9 Å². The molecule has 4 nitrogen and oxygen atoms in total. The summed E-state index contributed by atoms with van der Waals surface area (Å²) in [5, 5.41) is 6.21. The third kappa shape index (κ3) is 5.93. The Morgan fingerprint density at radius 2 is 0.825 bits per heavy atom. The zero-order valence-electron chi connectivity index (χ0n) is 30.7. The highest BCUT2D eigenvalue weighted by Gasteiger charge is 2.19. The molecule has 0 aliphatic rings. The molecule has 5 heteroatoms. The lowest BCUT2D eigenvalue weighted by molar-refractivity contribution is 1.07. The molecular formula is C52H32N4S. The number of benzene rings is 8. The average molecular weight is 745 g/mol. The van der Waals surface area contributed by atoms with Crippen LogP contribution >= 0.6 is 11.3 Å². The second-order valence-corrected chi connectivity index (χ2v) is 15.3. The molecule has 57 heavy (non-hydrogen) atoms. The lowest BCUT2D eigenvalue weighted by Gasteiger charge is -2.12. The van der Waals surface area contributed by atoms with Crippen LogP contribution in [0.2, 0.25) is 0 Å². The van der Waals surface area contributed by atoms with Crippen molar-refractivity contribution in [3.05, 3.63) is 194 Å². The van der Waals surface area contributed by atoms with Crippen molar-refractivity contribution in [3.63, 3.8) is 0 Å². The third-order valence-electron chi connectivity index (χ3n) is 10.7. The van der Waals surface area contributed by atoms with E-state index in [0.717, 1.165) is 50.2 Å². The minimum absolute atomic E-state index is 0.624. The van der Waals surface area contributed by atoms with Crippen molar-refractivity contribution in [1.29, 1.82) is 0 Å². The number of rotatable bonds is 6. The Bertz CT molecular complexity index is 3280. The SMILES string of the molecule is c1ccc(-c2ccc(-c3nc(-c4ccccc4)nc(-c4cccc(-c5cccc(-c6nc7ccc8ccccc8c7c7c6sc6ccccc67)c5)c4)n3)cc2)cc1. The zero-order chi connectivity index (χ0) is 37.7. The molecule has 266 valence electrons. The number of pyridine rings is 1. The minimum atomic E-state index is 0.624. The largest absolute Gasteiger partial charge is 0.246 e. The molecule has 0 N–H and O–H groups in total. The maximum absolute atomic E-state index is 5.40. The number of aromatic nitrogens is 4. The molecule has 3 heterocycles. The van der Waals surface area contributed by atoms with Crippen LogP contribution in [0.3, 0.4) is 0 Å². The minimum Gasteiger partial charge on any atom is -0.246 e. The first-order valence-corrected chi connectivity index (χ1v) is 19.9. The highest BCUT2D eigenvalue weighted by atomic mass is 32.1. The van der Waals surface area contributed by atoms with Gasteiger partial charge in [-0.25, -0.2) is 19.9 Å². The molecule has 0 aliphatic carbocycles. The Balaban J connectivity index is 1.02. The van der Waals surface area contributed by atoms with Crippen LogP contribution in [0.4, 0.5) is 0 Å². The van der Waals surface area contributed by atoms with E-state index >= 15 is 0 Å². The second-order valence-electron chi connectivity index (χ2n) is 14.2. The van der Waals surface area contributed by atoms with Crippen LogP contribution in [0.15, 0.2) is 194 Å². The fraction of sp³-hybridized carbons (Fsp3) is 0. The predicted molar refractivity (Wildman–Crippen MR) is 238 cm³/mol. The molecule has 0 saturated heterocycles. The summed E-state index contributed by atoms with van der Waals surface area (Å²) in [6, 6.07) is 67.9. The molecular weight excluding hydrogens is 713 g/mol. The number of hydrogen-bond acceptors (Lipinski definition) is 5. The van der Waals surface area contributed by atoms with E-state index in [2.05, 4.69) is 158 Å². The second kappa shape index (κ2) is 13.7. The van der Waals surface area contributed by atoms with Gasteiger partial charge in [-0.15, -0.1) is 11.3 Å². The number of fused-ring (bicyclic) bond motifs is 7. The highest BCUT2D eigenvalue weighted by molar-refractivity contribution is 7.26. The highest BCUT2D eigenvalue weighted by Crippen LogP contribution is 2.45. The van der Waals surface area contributed by atoms with Crippen molar-refractivity contribution in [2.75, 3.05) is 0 Å². The van der Waals surface area contributed by atoms with Crippen molar-refractivity contribution in [2.24, 2.45) is 0 Å². The molecule has 0 saturated carbocycles. The summed E-state index contributed by atoms with van der Waals surface area (Å²) in [6.07, 6.45) is 0. The molecule has 0 spiro atoms. The Labute approximate surface area is 333 Å². The molecule has 0 radical (unpaired) electrons. The van der Waals surface area contributed by atoms with Crippen molar-refractivity contribution in [2.45, 2.75) is 0 Å². The van der Waals surface area contributed by atoms with Gasteiger partial charge < -0.3 is 0 Å². The van der Waals surface area contributed by atoms with Gasteiger partial charge >= 0.3 is 0 Å². The molecule has 0 fully saturated rings. The molecule has 0 aliphatic heterocycles. The van der Waals surface area contributed by atoms with Gasteiger partial charge in [-0.05, 0) is 57.3 Å². The molecule has 0 amide bonds. The standard InChI is InChI=1S/C52H32N4S/c1-3-13-33(14-4-1)34-25-27-37(28-26-34)51-54-50(36-16-5-2-6-17-36)55-52(56-51)41-21-12-19-39(32-41)38-18-11-20-40(31-38)48-49-47(43-23-9-10-24-45(43)57-49)46-42-22-8-7-15-35(42)29-30-44(46)53-48/h1-32H. The van der Waals surface area contributed by atoms with E-state index < -0.39 is 0 Å². The predicted octanol–water partition coefficient (Wildman–Crippen LogP) is 13.9. The Hall–Kier alpha value is -7.34. The fourth-order valence-corrected chi connectivity index (χ4v) is 9.14. The molecule has 8 aromatic carbocycles. The molecule has 11 rings (SSSR count). The van der Waals surface area contributed by atoms with Crippen molar-refractivity contribution in [1.82, 2.24) is 19.9 Å². The summed E-state index contributed by atoms with van der Waals surface area (Å²) in [5.41, 5.74) is 10.4. The summed E-state index contributed by atoms with van der Waals surface area (Å²) in [5.74, 6) is 1.89. The zero-order valence-corrected chi connectivity index (χ0v) is 31.5. The van der Waals surface area contributed by atoms with Gasteiger partial charge in [0, 0.05) is 43.1 Å². The first-order chi connectivity index (χ1) is 28.2. The van der Waals surface area contributed by atoms with Crippen LogP contribution in [0.25, 0.3) is 110 Å². The van der Waals surface area contributed by atoms with Gasteiger partial charge in [0.1, 0.15) is 0 Å². The van der Waals surface area contributed by atoms with Crippen molar-refractivity contribution < 1.29 is 0 Å². The van der Waals surface area contributed by atoms with Gasteiger partial charge in [-0.2, -0.15) is 0 Å². The number of hydrogen-bond donors (Lipinski definition) is 0. The fourth-order valence-electron chi connectivity index (χ4n) is 7.92. The first-order valence-electron chi connectivity index (χ1n) is 19.0. The van der Waals surface area contributed by atoms with Gasteiger partial charge in [0.15, 0.2) is 17.5 Å². The van der Waals surface area contributed by atoms with Crippen LogP contribution < -0.4 is 0 Å². The van der Waals surface area contributed by atoms with E-state index in [-0.39, 0.29) is 0 Å². The van der Waals surface area contributed by atoms with Gasteiger partial charge in [0.25, 0.3) is 0 Å². The Morgan fingerprint density at radius 1 is 0.316 bits per heavy atom. The summed E-state index contributed by atoms with van der Waals surface area (Å²) < 4.78 is 2.47. The Kier molecular flexibility index (Phi) is 7.97. The van der Waals surface area contributed by atoms with Gasteiger partial charge in [-0.3, -0.25) is 0 Å². The van der Waals surface area contributed by atoms with E-state index in [9.17, 15) is 0 Å². The molecule has 0 atom stereocenters. The lowest BCUT2D eigenvalue weighted by atomic mass is 9.96. The van der Waals surface area contributed by atoms with E-state index in [1.54, 1.807) is 0 Å². The maximum Gasteiger partial charge on any atom is 0.164 e. The van der Waals surface area contributed by atoms with Crippen LogP contribution in [0.1, 0.15) is 0 Å². The van der Waals surface area contributed by atoms with Crippen LogP contribution in [-0.4, -0.2) is 19.9 Å². The van der Waals surface area contributed by atoms with E-state index in [4.69, 9.17) is 19.9 Å². The van der Waals surface area contributed by atoms with Crippen LogP contribution in [0.5, 0.6) is 0 Å². The van der Waals surface area contributed by atoms with Gasteiger partial charge in [-0.1, -0.05) is 170 Å². The molecule has 3 aromatic heterocycles.